The SMILES string of the molecule is C=C[C@@H]1O[C@H](C=C)[C@H](C(=O)C#CC)[C@@H]1OC(C)=O. The van der Waals surface area contributed by atoms with Crippen LogP contribution in [-0.4, -0.2) is 30.1 Å². The van der Waals surface area contributed by atoms with E-state index < -0.39 is 30.2 Å². The van der Waals surface area contributed by atoms with Crippen LogP contribution in [0.15, 0.2) is 25.3 Å². The second-order valence-electron chi connectivity index (χ2n) is 3.88. The number of hydrogen-bond donors (Lipinski definition) is 0. The molecule has 1 aliphatic rings. The average molecular weight is 248 g/mol. The van der Waals surface area contributed by atoms with Gasteiger partial charge in [-0.05, 0) is 12.8 Å². The van der Waals surface area contributed by atoms with Gasteiger partial charge in [0, 0.05) is 6.92 Å². The first-order chi connectivity index (χ1) is 8.54. The van der Waals surface area contributed by atoms with E-state index in [9.17, 15) is 9.59 Å². The first-order valence-electron chi connectivity index (χ1n) is 5.59. The van der Waals surface area contributed by atoms with E-state index in [4.69, 9.17) is 9.47 Å². The molecule has 1 aliphatic heterocycles. The third-order valence-corrected chi connectivity index (χ3v) is 2.66. The molecule has 4 nitrogen and oxygen atoms in total. The third kappa shape index (κ3) is 2.88. The van der Waals surface area contributed by atoms with Crippen LogP contribution in [0.25, 0.3) is 0 Å². The minimum Gasteiger partial charge on any atom is -0.458 e. The Hall–Kier alpha value is -1.86. The molecule has 1 saturated heterocycles. The highest BCUT2D eigenvalue weighted by atomic mass is 16.6. The topological polar surface area (TPSA) is 52.6 Å². The van der Waals surface area contributed by atoms with Gasteiger partial charge in [0.25, 0.3) is 0 Å². The standard InChI is InChI=1S/C14H16O4/c1-5-8-10(16)13-11(6-2)18-12(7-3)14(13)17-9(4)15/h6-7,11-14H,2-3H2,1,4H3/t11-,12+,13+,14-/m1/s1. The molecule has 0 spiro atoms. The highest BCUT2D eigenvalue weighted by Crippen LogP contribution is 2.31. The van der Waals surface area contributed by atoms with Gasteiger partial charge in [-0.3, -0.25) is 9.59 Å². The van der Waals surface area contributed by atoms with Crippen molar-refractivity contribution in [3.63, 3.8) is 0 Å². The quantitative estimate of drug-likeness (QED) is 0.325. The summed E-state index contributed by atoms with van der Waals surface area (Å²) in [4.78, 5) is 23.0. The molecule has 0 bridgehead atoms. The van der Waals surface area contributed by atoms with Crippen molar-refractivity contribution in [3.8, 4) is 11.8 Å². The predicted octanol–water partition coefficient (Wildman–Crippen LogP) is 1.27. The van der Waals surface area contributed by atoms with Crippen molar-refractivity contribution in [2.24, 2.45) is 5.92 Å². The van der Waals surface area contributed by atoms with Crippen LogP contribution in [0.5, 0.6) is 0 Å². The van der Waals surface area contributed by atoms with Gasteiger partial charge in [0.1, 0.15) is 12.2 Å². The minimum absolute atomic E-state index is 0.321. The lowest BCUT2D eigenvalue weighted by Crippen LogP contribution is -2.36. The van der Waals surface area contributed by atoms with E-state index in [1.807, 2.05) is 0 Å². The van der Waals surface area contributed by atoms with E-state index in [0.717, 1.165) is 0 Å². The molecule has 1 heterocycles. The van der Waals surface area contributed by atoms with Crippen LogP contribution in [0.1, 0.15) is 13.8 Å². The molecule has 0 aliphatic carbocycles. The summed E-state index contributed by atoms with van der Waals surface area (Å²) in [6, 6.07) is 0. The number of ether oxygens (including phenoxy) is 2. The Morgan fingerprint density at radius 2 is 1.89 bits per heavy atom. The van der Waals surface area contributed by atoms with Crippen LogP contribution in [0.3, 0.4) is 0 Å². The van der Waals surface area contributed by atoms with Gasteiger partial charge in [-0.1, -0.05) is 18.1 Å². The maximum absolute atomic E-state index is 11.9. The van der Waals surface area contributed by atoms with Gasteiger partial charge in [0.2, 0.25) is 5.78 Å². The zero-order valence-corrected chi connectivity index (χ0v) is 10.5. The average Bonchev–Trinajstić information content (AvgIpc) is 2.66. The summed E-state index contributed by atoms with van der Waals surface area (Å²) in [6.07, 6.45) is 1.28. The maximum atomic E-state index is 11.9. The number of carbonyl (C=O) groups excluding carboxylic acids is 2. The van der Waals surface area contributed by atoms with Crippen molar-refractivity contribution < 1.29 is 19.1 Å². The van der Waals surface area contributed by atoms with Crippen molar-refractivity contribution in [2.75, 3.05) is 0 Å². The zero-order chi connectivity index (χ0) is 13.7. The lowest BCUT2D eigenvalue weighted by Gasteiger charge is -2.19. The van der Waals surface area contributed by atoms with Crippen LogP contribution in [-0.2, 0) is 19.1 Å². The van der Waals surface area contributed by atoms with E-state index in [2.05, 4.69) is 25.0 Å². The summed E-state index contributed by atoms with van der Waals surface area (Å²) in [6.45, 7) is 10.1. The van der Waals surface area contributed by atoms with Crippen molar-refractivity contribution in [1.29, 1.82) is 0 Å². The maximum Gasteiger partial charge on any atom is 0.303 e. The molecule has 96 valence electrons. The van der Waals surface area contributed by atoms with E-state index in [0.29, 0.717) is 0 Å². The molecule has 18 heavy (non-hydrogen) atoms. The third-order valence-electron chi connectivity index (χ3n) is 2.66. The van der Waals surface area contributed by atoms with Crippen molar-refractivity contribution in [2.45, 2.75) is 32.2 Å². The van der Waals surface area contributed by atoms with Crippen LogP contribution in [0, 0.1) is 17.8 Å². The highest BCUT2D eigenvalue weighted by Gasteiger charge is 2.47. The molecule has 4 heteroatoms. The Morgan fingerprint density at radius 1 is 1.28 bits per heavy atom. The molecule has 0 N–H and O–H groups in total. The molecule has 0 amide bonds. The first kappa shape index (κ1) is 14.2. The molecule has 0 radical (unpaired) electrons. The monoisotopic (exact) mass is 248 g/mol. The smallest absolute Gasteiger partial charge is 0.303 e. The number of carbonyl (C=O) groups is 2. The highest BCUT2D eigenvalue weighted by molar-refractivity contribution is 5.98. The molecule has 0 saturated carbocycles. The van der Waals surface area contributed by atoms with E-state index >= 15 is 0 Å². The fourth-order valence-corrected chi connectivity index (χ4v) is 1.96. The second kappa shape index (κ2) is 6.18. The van der Waals surface area contributed by atoms with Gasteiger partial charge >= 0.3 is 5.97 Å². The molecule has 1 rings (SSSR count). The van der Waals surface area contributed by atoms with Crippen molar-refractivity contribution >= 4 is 11.8 Å². The summed E-state index contributed by atoms with van der Waals surface area (Å²) in [5.74, 6) is 3.56. The number of esters is 1. The summed E-state index contributed by atoms with van der Waals surface area (Å²) in [7, 11) is 0. The largest absolute Gasteiger partial charge is 0.458 e. The molecular weight excluding hydrogens is 232 g/mol. The summed E-state index contributed by atoms with van der Waals surface area (Å²) in [5.41, 5.74) is 0. The molecule has 0 aromatic heterocycles. The Bertz CT molecular complexity index is 427. The fraction of sp³-hybridized carbons (Fsp3) is 0.429. The lowest BCUT2D eigenvalue weighted by atomic mass is 9.91. The molecule has 4 atom stereocenters. The van der Waals surface area contributed by atoms with Gasteiger partial charge < -0.3 is 9.47 Å². The van der Waals surface area contributed by atoms with E-state index in [1.165, 1.54) is 19.1 Å². The number of hydrogen-bond acceptors (Lipinski definition) is 4. The van der Waals surface area contributed by atoms with E-state index in [1.54, 1.807) is 6.92 Å². The predicted molar refractivity (Wildman–Crippen MR) is 66.6 cm³/mol. The van der Waals surface area contributed by atoms with Gasteiger partial charge in [-0.2, -0.15) is 0 Å². The molecule has 0 aromatic rings. The van der Waals surface area contributed by atoms with Gasteiger partial charge in [0.15, 0.2) is 0 Å². The second-order valence-corrected chi connectivity index (χ2v) is 3.88. The molecule has 0 aromatic carbocycles. The van der Waals surface area contributed by atoms with Gasteiger partial charge in [-0.25, -0.2) is 0 Å². The normalized spacial score (nSPS) is 29.9. The molecular formula is C14H16O4. The minimum atomic E-state index is -0.698. The Morgan fingerprint density at radius 3 is 2.33 bits per heavy atom. The Kier molecular flexibility index (Phi) is 4.87. The van der Waals surface area contributed by atoms with Crippen LogP contribution in [0.2, 0.25) is 0 Å². The van der Waals surface area contributed by atoms with Crippen molar-refractivity contribution in [1.82, 2.24) is 0 Å². The number of rotatable bonds is 4. The molecule has 1 fully saturated rings. The van der Waals surface area contributed by atoms with Crippen molar-refractivity contribution in [3.05, 3.63) is 25.3 Å². The fourth-order valence-electron chi connectivity index (χ4n) is 1.96. The Labute approximate surface area is 107 Å². The summed E-state index contributed by atoms with van der Waals surface area (Å²) in [5, 5.41) is 0. The number of ketones is 1. The van der Waals surface area contributed by atoms with Crippen LogP contribution >= 0.6 is 0 Å². The van der Waals surface area contributed by atoms with Gasteiger partial charge in [0.05, 0.1) is 12.0 Å². The van der Waals surface area contributed by atoms with Crippen LogP contribution < -0.4 is 0 Å². The van der Waals surface area contributed by atoms with Crippen LogP contribution in [0.4, 0.5) is 0 Å². The first-order valence-corrected chi connectivity index (χ1v) is 5.59. The lowest BCUT2D eigenvalue weighted by molar-refractivity contribution is -0.150. The summed E-state index contributed by atoms with van der Waals surface area (Å²) < 4.78 is 10.7. The van der Waals surface area contributed by atoms with Gasteiger partial charge in [-0.15, -0.1) is 13.2 Å². The molecule has 0 unspecified atom stereocenters. The summed E-state index contributed by atoms with van der Waals surface area (Å²) >= 11 is 0. The Balaban J connectivity index is 3.06. The van der Waals surface area contributed by atoms with E-state index in [-0.39, 0.29) is 5.78 Å². The zero-order valence-electron chi connectivity index (χ0n) is 10.5. The number of Topliss-reactive ketones (excluding diaryl/α,β-unsaturated/α-hetero) is 1.